The lowest BCUT2D eigenvalue weighted by Gasteiger charge is -2.21. The minimum atomic E-state index is 0. The number of oxazole rings is 1. The van der Waals surface area contributed by atoms with E-state index >= 15 is 0 Å². The van der Waals surface area contributed by atoms with Gasteiger partial charge in [0.25, 0.3) is 5.91 Å². The highest BCUT2D eigenvalue weighted by Gasteiger charge is 2.31. The molecular weight excluding hydrogens is 337 g/mol. The van der Waals surface area contributed by atoms with Gasteiger partial charge < -0.3 is 15.1 Å². The summed E-state index contributed by atoms with van der Waals surface area (Å²) >= 11 is 0. The monoisotopic (exact) mass is 357 g/mol. The quantitative estimate of drug-likeness (QED) is 0.916. The van der Waals surface area contributed by atoms with Crippen LogP contribution in [-0.4, -0.2) is 34.9 Å². The van der Waals surface area contributed by atoms with Crippen molar-refractivity contribution in [2.45, 2.75) is 19.4 Å². The molecule has 0 aliphatic carbocycles. The molecule has 126 valence electrons. The maximum absolute atomic E-state index is 12.6. The van der Waals surface area contributed by atoms with Crippen LogP contribution in [0.1, 0.15) is 23.7 Å². The van der Waals surface area contributed by atoms with E-state index in [2.05, 4.69) is 11.9 Å². The molecule has 0 radical (unpaired) electrons. The van der Waals surface area contributed by atoms with Crippen molar-refractivity contribution < 1.29 is 9.21 Å². The van der Waals surface area contributed by atoms with E-state index in [0.717, 1.165) is 18.5 Å². The number of likely N-dealkylation sites (tertiary alicyclic amines) is 1. The van der Waals surface area contributed by atoms with Gasteiger partial charge in [0, 0.05) is 23.7 Å². The van der Waals surface area contributed by atoms with Crippen LogP contribution in [-0.2, 0) is 0 Å². The maximum Gasteiger partial charge on any atom is 0.254 e. The van der Waals surface area contributed by atoms with Crippen LogP contribution in [0.2, 0.25) is 0 Å². The van der Waals surface area contributed by atoms with Gasteiger partial charge in [-0.3, -0.25) is 4.79 Å². The Morgan fingerprint density at radius 1 is 1.35 bits per heavy atom. The van der Waals surface area contributed by atoms with E-state index in [1.807, 2.05) is 29.2 Å². The molecule has 0 bridgehead atoms. The molecule has 1 amide bonds. The number of carbonyl (C=O) groups is 1. The van der Waals surface area contributed by atoms with Gasteiger partial charge in [-0.2, -0.15) is 0 Å². The third-order valence-electron chi connectivity index (χ3n) is 4.10. The number of carbonyl (C=O) groups excluding carboxylic acids is 1. The molecule has 2 atom stereocenters. The van der Waals surface area contributed by atoms with Crippen molar-refractivity contribution in [1.82, 2.24) is 9.88 Å². The molecule has 1 aromatic carbocycles. The first-order valence-electron chi connectivity index (χ1n) is 7.19. The predicted octanol–water partition coefficient (Wildman–Crippen LogP) is 2.99. The van der Waals surface area contributed by atoms with Crippen molar-refractivity contribution >= 4 is 30.7 Å². The second-order valence-electron chi connectivity index (χ2n) is 5.59. The van der Waals surface area contributed by atoms with Gasteiger partial charge in [0.15, 0.2) is 12.2 Å². The third kappa shape index (κ3) is 4.05. The summed E-state index contributed by atoms with van der Waals surface area (Å²) in [5.74, 6) is 1.19. The summed E-state index contributed by atoms with van der Waals surface area (Å²) in [5, 5.41) is 0. The van der Waals surface area contributed by atoms with Crippen LogP contribution < -0.4 is 5.73 Å². The van der Waals surface area contributed by atoms with Gasteiger partial charge in [0.1, 0.15) is 0 Å². The molecule has 2 heterocycles. The van der Waals surface area contributed by atoms with Crippen molar-refractivity contribution in [3.8, 4) is 11.3 Å². The second kappa shape index (κ2) is 8.34. The first-order chi connectivity index (χ1) is 10.2. The average molecular weight is 358 g/mol. The fourth-order valence-corrected chi connectivity index (χ4v) is 2.90. The topological polar surface area (TPSA) is 72.4 Å². The molecule has 5 nitrogen and oxygen atoms in total. The summed E-state index contributed by atoms with van der Waals surface area (Å²) in [7, 11) is 0. The number of halogens is 2. The Balaban J connectivity index is 0.00000132. The Kier molecular flexibility index (Phi) is 7.06. The highest BCUT2D eigenvalue weighted by atomic mass is 35.5. The molecule has 3 rings (SSSR count). The highest BCUT2D eigenvalue weighted by Crippen LogP contribution is 2.25. The molecule has 1 aliphatic heterocycles. The second-order valence-corrected chi connectivity index (χ2v) is 5.59. The Morgan fingerprint density at radius 2 is 2.04 bits per heavy atom. The van der Waals surface area contributed by atoms with Crippen LogP contribution in [0, 0.1) is 5.92 Å². The summed E-state index contributed by atoms with van der Waals surface area (Å²) in [6.07, 6.45) is 4.04. The zero-order valence-electron chi connectivity index (χ0n) is 12.8. The largest absolute Gasteiger partial charge is 0.444 e. The van der Waals surface area contributed by atoms with Crippen molar-refractivity contribution in [1.29, 1.82) is 0 Å². The molecule has 0 saturated carbocycles. The number of amides is 1. The normalized spacial score (nSPS) is 19.8. The van der Waals surface area contributed by atoms with E-state index in [1.165, 1.54) is 6.39 Å². The zero-order chi connectivity index (χ0) is 14.8. The van der Waals surface area contributed by atoms with Gasteiger partial charge in [-0.15, -0.1) is 24.8 Å². The summed E-state index contributed by atoms with van der Waals surface area (Å²) in [5.41, 5.74) is 7.33. The van der Waals surface area contributed by atoms with Crippen LogP contribution in [0.25, 0.3) is 11.3 Å². The number of nitrogens with two attached hydrogens (primary N) is 1. The van der Waals surface area contributed by atoms with Crippen LogP contribution in [0.15, 0.2) is 41.3 Å². The van der Waals surface area contributed by atoms with Gasteiger partial charge >= 0.3 is 0 Å². The third-order valence-corrected chi connectivity index (χ3v) is 4.10. The van der Waals surface area contributed by atoms with Gasteiger partial charge in [-0.25, -0.2) is 4.98 Å². The van der Waals surface area contributed by atoms with E-state index in [4.69, 9.17) is 10.2 Å². The SMILES string of the molecule is CC1CC(CN)CN1C(=O)c1ccc(-c2cnco2)cc1.Cl.Cl. The minimum absolute atomic E-state index is 0. The van der Waals surface area contributed by atoms with Crippen LogP contribution in [0.4, 0.5) is 0 Å². The van der Waals surface area contributed by atoms with E-state index in [9.17, 15) is 4.79 Å². The fourth-order valence-electron chi connectivity index (χ4n) is 2.90. The number of nitrogens with zero attached hydrogens (tertiary/aromatic N) is 2. The lowest BCUT2D eigenvalue weighted by Crippen LogP contribution is -2.34. The Labute approximate surface area is 148 Å². The number of aromatic nitrogens is 1. The Morgan fingerprint density at radius 3 is 2.57 bits per heavy atom. The van der Waals surface area contributed by atoms with Gasteiger partial charge in [0.05, 0.1) is 6.20 Å². The molecule has 2 unspecified atom stereocenters. The van der Waals surface area contributed by atoms with Gasteiger partial charge in [0.2, 0.25) is 0 Å². The van der Waals surface area contributed by atoms with E-state index < -0.39 is 0 Å². The molecule has 1 aliphatic rings. The molecular formula is C16H21Cl2N3O2. The molecule has 2 N–H and O–H groups in total. The van der Waals surface area contributed by atoms with Crippen molar-refractivity contribution in [2.75, 3.05) is 13.1 Å². The number of hydrogen-bond acceptors (Lipinski definition) is 4. The lowest BCUT2D eigenvalue weighted by molar-refractivity contribution is 0.0743. The molecule has 1 fully saturated rings. The molecule has 1 saturated heterocycles. The number of rotatable bonds is 3. The summed E-state index contributed by atoms with van der Waals surface area (Å²) in [4.78, 5) is 18.4. The highest BCUT2D eigenvalue weighted by molar-refractivity contribution is 5.95. The first kappa shape index (κ1) is 19.5. The summed E-state index contributed by atoms with van der Waals surface area (Å²) in [6, 6.07) is 7.69. The Bertz CT molecular complexity index is 617. The molecule has 23 heavy (non-hydrogen) atoms. The number of benzene rings is 1. The zero-order valence-corrected chi connectivity index (χ0v) is 14.5. The van der Waals surface area contributed by atoms with Crippen molar-refractivity contribution in [2.24, 2.45) is 11.7 Å². The summed E-state index contributed by atoms with van der Waals surface area (Å²) < 4.78 is 5.25. The van der Waals surface area contributed by atoms with Crippen LogP contribution >= 0.6 is 24.8 Å². The average Bonchev–Trinajstić information content (AvgIpc) is 3.16. The van der Waals surface area contributed by atoms with Crippen molar-refractivity contribution in [3.63, 3.8) is 0 Å². The molecule has 1 aromatic heterocycles. The standard InChI is InChI=1S/C16H19N3O2.2ClH/c1-11-6-12(7-17)9-19(11)16(20)14-4-2-13(3-5-14)15-8-18-10-21-15;;/h2-5,8,10-12H,6-7,9,17H2,1H3;2*1H. The van der Waals surface area contributed by atoms with E-state index in [1.54, 1.807) is 6.20 Å². The Hall–Kier alpha value is -1.56. The minimum Gasteiger partial charge on any atom is -0.444 e. The van der Waals surface area contributed by atoms with Gasteiger partial charge in [-0.05, 0) is 37.9 Å². The number of hydrogen-bond donors (Lipinski definition) is 1. The van der Waals surface area contributed by atoms with Crippen molar-refractivity contribution in [3.05, 3.63) is 42.4 Å². The molecule has 7 heteroatoms. The predicted molar refractivity (Wildman–Crippen MR) is 94.1 cm³/mol. The molecule has 0 spiro atoms. The fraction of sp³-hybridized carbons (Fsp3) is 0.375. The van der Waals surface area contributed by atoms with Gasteiger partial charge in [-0.1, -0.05) is 12.1 Å². The maximum atomic E-state index is 12.6. The van der Waals surface area contributed by atoms with E-state index in [-0.39, 0.29) is 36.8 Å². The summed E-state index contributed by atoms with van der Waals surface area (Å²) in [6.45, 7) is 3.47. The smallest absolute Gasteiger partial charge is 0.254 e. The molecule has 2 aromatic rings. The van der Waals surface area contributed by atoms with Crippen LogP contribution in [0.3, 0.4) is 0 Å². The first-order valence-corrected chi connectivity index (χ1v) is 7.19. The lowest BCUT2D eigenvalue weighted by atomic mass is 10.1. The van der Waals surface area contributed by atoms with Crippen LogP contribution in [0.5, 0.6) is 0 Å². The van der Waals surface area contributed by atoms with E-state index in [0.29, 0.717) is 23.8 Å².